The lowest BCUT2D eigenvalue weighted by Gasteiger charge is -2.07. The molecule has 2 rings (SSSR count). The minimum atomic E-state index is -3.87. The first-order chi connectivity index (χ1) is 8.49. The predicted octanol–water partition coefficient (Wildman–Crippen LogP) is 1.94. The first-order valence-electron chi connectivity index (χ1n) is 4.94. The Morgan fingerprint density at radius 2 is 1.78 bits per heavy atom. The molecule has 18 heavy (non-hydrogen) atoms. The lowest BCUT2D eigenvalue weighted by atomic mass is 10.3. The van der Waals surface area contributed by atoms with Crippen LogP contribution in [0.4, 0.5) is 5.69 Å². The number of nitrogens with one attached hydrogen (secondary N) is 2. The molecule has 7 heteroatoms. The number of hydrogen-bond donors (Lipinski definition) is 2. The molecule has 1 aromatic heterocycles. The standard InChI is InChI=1S/C11H9BrN2O3S/c12-8-1-3-9(4-2-8)14-18(16,17)11-7-13-6-5-10(11)15/h1-7,14H,(H,13,15). The molecule has 2 aromatic rings. The molecule has 0 aliphatic rings. The molecule has 0 aliphatic heterocycles. The summed E-state index contributed by atoms with van der Waals surface area (Å²) in [7, 11) is -3.87. The number of pyridine rings is 1. The zero-order chi connectivity index (χ0) is 13.2. The van der Waals surface area contributed by atoms with Crippen LogP contribution in [0.25, 0.3) is 0 Å². The summed E-state index contributed by atoms with van der Waals surface area (Å²) in [5.41, 5.74) is -0.167. The summed E-state index contributed by atoms with van der Waals surface area (Å²) in [5.74, 6) is 0. The fraction of sp³-hybridized carbons (Fsp3) is 0. The van der Waals surface area contributed by atoms with Crippen LogP contribution in [-0.4, -0.2) is 13.4 Å². The number of anilines is 1. The Morgan fingerprint density at radius 3 is 2.39 bits per heavy atom. The van der Waals surface area contributed by atoms with Crippen molar-refractivity contribution in [3.05, 3.63) is 57.4 Å². The van der Waals surface area contributed by atoms with Gasteiger partial charge >= 0.3 is 0 Å². The van der Waals surface area contributed by atoms with Crippen molar-refractivity contribution < 1.29 is 8.42 Å². The van der Waals surface area contributed by atoms with E-state index in [0.717, 1.165) is 16.7 Å². The quantitative estimate of drug-likeness (QED) is 0.903. The third-order valence-corrected chi connectivity index (χ3v) is 4.11. The van der Waals surface area contributed by atoms with Gasteiger partial charge in [-0.25, -0.2) is 8.42 Å². The minimum absolute atomic E-state index is 0.312. The summed E-state index contributed by atoms with van der Waals surface area (Å²) < 4.78 is 27.1. The number of aromatic amines is 1. The highest BCUT2D eigenvalue weighted by atomic mass is 79.9. The van der Waals surface area contributed by atoms with Gasteiger partial charge in [-0.15, -0.1) is 0 Å². The van der Waals surface area contributed by atoms with Crippen LogP contribution in [0.2, 0.25) is 0 Å². The average molecular weight is 329 g/mol. The van der Waals surface area contributed by atoms with Crippen molar-refractivity contribution in [2.75, 3.05) is 4.72 Å². The number of H-pyrrole nitrogens is 1. The molecule has 0 amide bonds. The predicted molar refractivity (Wildman–Crippen MR) is 72.0 cm³/mol. The second-order valence-electron chi connectivity index (χ2n) is 3.49. The number of sulfonamides is 1. The lowest BCUT2D eigenvalue weighted by Crippen LogP contribution is -2.20. The zero-order valence-electron chi connectivity index (χ0n) is 9.05. The third kappa shape index (κ3) is 2.80. The normalized spacial score (nSPS) is 11.2. The van der Waals surface area contributed by atoms with Gasteiger partial charge in [-0.3, -0.25) is 9.52 Å². The molecule has 0 bridgehead atoms. The molecule has 0 radical (unpaired) electrons. The SMILES string of the molecule is O=c1cc[nH]cc1S(=O)(=O)Nc1ccc(Br)cc1. The maximum atomic E-state index is 12.0. The Morgan fingerprint density at radius 1 is 1.11 bits per heavy atom. The van der Waals surface area contributed by atoms with E-state index in [0.29, 0.717) is 5.69 Å². The van der Waals surface area contributed by atoms with Crippen molar-refractivity contribution in [3.63, 3.8) is 0 Å². The van der Waals surface area contributed by atoms with Gasteiger partial charge in [0, 0.05) is 28.6 Å². The average Bonchev–Trinajstić information content (AvgIpc) is 2.32. The van der Waals surface area contributed by atoms with E-state index in [1.165, 1.54) is 6.20 Å². The van der Waals surface area contributed by atoms with Gasteiger partial charge in [0.15, 0.2) is 4.90 Å². The van der Waals surface area contributed by atoms with E-state index in [1.54, 1.807) is 24.3 Å². The summed E-state index contributed by atoms with van der Waals surface area (Å²) in [6.45, 7) is 0. The molecule has 5 nitrogen and oxygen atoms in total. The highest BCUT2D eigenvalue weighted by Crippen LogP contribution is 2.16. The van der Waals surface area contributed by atoms with Crippen molar-refractivity contribution in [3.8, 4) is 0 Å². The smallest absolute Gasteiger partial charge is 0.267 e. The molecule has 0 spiro atoms. The summed E-state index contributed by atoms with van der Waals surface area (Å²) in [6.07, 6.45) is 2.53. The van der Waals surface area contributed by atoms with Crippen molar-refractivity contribution in [2.24, 2.45) is 0 Å². The van der Waals surface area contributed by atoms with Crippen LogP contribution < -0.4 is 10.2 Å². The number of benzene rings is 1. The summed E-state index contributed by atoms with van der Waals surface area (Å²) in [5, 5.41) is 0. The van der Waals surface area contributed by atoms with Crippen LogP contribution >= 0.6 is 15.9 Å². The fourth-order valence-electron chi connectivity index (χ4n) is 1.34. The minimum Gasteiger partial charge on any atom is -0.366 e. The van der Waals surface area contributed by atoms with E-state index in [9.17, 15) is 13.2 Å². The van der Waals surface area contributed by atoms with Crippen LogP contribution in [0.5, 0.6) is 0 Å². The van der Waals surface area contributed by atoms with Gasteiger partial charge in [-0.05, 0) is 24.3 Å². The maximum absolute atomic E-state index is 12.0. The van der Waals surface area contributed by atoms with Gasteiger partial charge in [-0.1, -0.05) is 15.9 Å². The van der Waals surface area contributed by atoms with Crippen LogP contribution in [0, 0.1) is 0 Å². The summed E-state index contributed by atoms with van der Waals surface area (Å²) in [4.78, 5) is 13.7. The third-order valence-electron chi connectivity index (χ3n) is 2.17. The second kappa shape index (κ2) is 4.95. The van der Waals surface area contributed by atoms with Crippen molar-refractivity contribution in [1.29, 1.82) is 0 Å². The molecular formula is C11H9BrN2O3S. The molecule has 94 valence electrons. The van der Waals surface area contributed by atoms with Gasteiger partial charge in [0.25, 0.3) is 10.0 Å². The number of halogens is 1. The lowest BCUT2D eigenvalue weighted by molar-refractivity contribution is 0.600. The summed E-state index contributed by atoms with van der Waals surface area (Å²) in [6, 6.07) is 7.76. The van der Waals surface area contributed by atoms with Crippen LogP contribution in [-0.2, 0) is 10.0 Å². The van der Waals surface area contributed by atoms with Gasteiger partial charge in [0.2, 0.25) is 5.43 Å². The zero-order valence-corrected chi connectivity index (χ0v) is 11.5. The van der Waals surface area contributed by atoms with E-state index in [-0.39, 0.29) is 4.90 Å². The fourth-order valence-corrected chi connectivity index (χ4v) is 2.72. The monoisotopic (exact) mass is 328 g/mol. The van der Waals surface area contributed by atoms with E-state index in [4.69, 9.17) is 0 Å². The Labute approximate surface area is 112 Å². The first kappa shape index (κ1) is 12.8. The Balaban J connectivity index is 2.36. The molecule has 1 heterocycles. The Kier molecular flexibility index (Phi) is 3.53. The molecule has 0 atom stereocenters. The number of aromatic nitrogens is 1. The van der Waals surface area contributed by atoms with E-state index in [2.05, 4.69) is 25.6 Å². The van der Waals surface area contributed by atoms with Crippen molar-refractivity contribution in [1.82, 2.24) is 4.98 Å². The molecular weight excluding hydrogens is 320 g/mol. The van der Waals surface area contributed by atoms with Crippen LogP contribution in [0.15, 0.2) is 56.9 Å². The largest absolute Gasteiger partial charge is 0.366 e. The van der Waals surface area contributed by atoms with E-state index < -0.39 is 15.5 Å². The van der Waals surface area contributed by atoms with Gasteiger partial charge in [0.05, 0.1) is 0 Å². The van der Waals surface area contributed by atoms with E-state index in [1.807, 2.05) is 0 Å². The molecule has 0 unspecified atom stereocenters. The van der Waals surface area contributed by atoms with E-state index >= 15 is 0 Å². The van der Waals surface area contributed by atoms with Crippen molar-refractivity contribution in [2.45, 2.75) is 4.90 Å². The van der Waals surface area contributed by atoms with Crippen LogP contribution in [0.1, 0.15) is 0 Å². The van der Waals surface area contributed by atoms with Gasteiger partial charge in [-0.2, -0.15) is 0 Å². The Bertz CT molecular complexity index is 708. The highest BCUT2D eigenvalue weighted by Gasteiger charge is 2.17. The molecule has 0 aliphatic carbocycles. The number of rotatable bonds is 3. The van der Waals surface area contributed by atoms with Gasteiger partial charge < -0.3 is 4.98 Å². The molecule has 0 saturated heterocycles. The van der Waals surface area contributed by atoms with Gasteiger partial charge in [0.1, 0.15) is 0 Å². The molecule has 0 fully saturated rings. The number of hydrogen-bond acceptors (Lipinski definition) is 3. The second-order valence-corrected chi connectivity index (χ2v) is 6.05. The maximum Gasteiger partial charge on any atom is 0.267 e. The molecule has 0 saturated carbocycles. The highest BCUT2D eigenvalue weighted by molar-refractivity contribution is 9.10. The molecule has 1 aromatic carbocycles. The Hall–Kier alpha value is -1.60. The van der Waals surface area contributed by atoms with Crippen molar-refractivity contribution >= 4 is 31.6 Å². The summed E-state index contributed by atoms with van der Waals surface area (Å²) >= 11 is 3.25. The van der Waals surface area contributed by atoms with Crippen LogP contribution in [0.3, 0.4) is 0 Å². The molecule has 2 N–H and O–H groups in total. The first-order valence-corrected chi connectivity index (χ1v) is 7.22. The topological polar surface area (TPSA) is 79.0 Å².